The lowest BCUT2D eigenvalue weighted by molar-refractivity contribution is 0.371. The van der Waals surface area contributed by atoms with Crippen LogP contribution in [-0.4, -0.2) is 9.55 Å². The van der Waals surface area contributed by atoms with Gasteiger partial charge in [-0.1, -0.05) is 32.4 Å². The molecule has 0 fully saturated rings. The van der Waals surface area contributed by atoms with Gasteiger partial charge in [0.05, 0.1) is 11.0 Å². The van der Waals surface area contributed by atoms with E-state index in [1.54, 1.807) is 0 Å². The molecule has 4 heteroatoms. The first-order chi connectivity index (χ1) is 7.99. The quantitative estimate of drug-likeness (QED) is 0.906. The number of benzene rings is 1. The molecule has 0 saturated heterocycles. The second-order valence-electron chi connectivity index (χ2n) is 4.93. The molecule has 0 aliphatic heterocycles. The second kappa shape index (κ2) is 4.57. The molecule has 2 N–H and O–H groups in total. The predicted octanol–water partition coefficient (Wildman–Crippen LogP) is 3.56. The van der Waals surface area contributed by atoms with Crippen molar-refractivity contribution in [1.29, 1.82) is 0 Å². The fourth-order valence-corrected chi connectivity index (χ4v) is 1.97. The number of imidazole rings is 1. The summed E-state index contributed by atoms with van der Waals surface area (Å²) < 4.78 is 2.05. The average Bonchev–Trinajstić information content (AvgIpc) is 2.55. The Hall–Kier alpha value is -1.22. The number of fused-ring (bicyclic) bond motifs is 1. The minimum absolute atomic E-state index is 0.550. The van der Waals surface area contributed by atoms with E-state index in [9.17, 15) is 0 Å². The molecule has 92 valence electrons. The number of nitrogen functional groups attached to an aromatic ring is 1. The number of nitrogens with two attached hydrogens (primary N) is 1. The van der Waals surface area contributed by atoms with E-state index in [0.717, 1.165) is 22.6 Å². The highest BCUT2D eigenvalue weighted by atomic mass is 35.5. The summed E-state index contributed by atoms with van der Waals surface area (Å²) in [5.74, 6) is 1.73. The van der Waals surface area contributed by atoms with Gasteiger partial charge in [-0.2, -0.15) is 0 Å². The molecule has 0 radical (unpaired) electrons. The molecule has 1 atom stereocenters. The molecule has 2 aromatic rings. The molecule has 0 amide bonds. The van der Waals surface area contributed by atoms with Gasteiger partial charge in [-0.25, -0.2) is 4.98 Å². The van der Waals surface area contributed by atoms with E-state index in [-0.39, 0.29) is 0 Å². The monoisotopic (exact) mass is 251 g/mol. The highest BCUT2D eigenvalue weighted by molar-refractivity contribution is 6.31. The predicted molar refractivity (Wildman–Crippen MR) is 73.2 cm³/mol. The van der Waals surface area contributed by atoms with Crippen molar-refractivity contribution in [3.8, 4) is 0 Å². The number of hydrogen-bond acceptors (Lipinski definition) is 2. The van der Waals surface area contributed by atoms with Gasteiger partial charge in [0.15, 0.2) is 0 Å². The standard InChI is InChI=1S/C13H18ClN3/c1-8(2)9(3)7-17-12-6-10(14)4-5-11(12)16-13(17)15/h4-6,8-9H,7H2,1-3H3,(H2,15,16). The van der Waals surface area contributed by atoms with Crippen molar-refractivity contribution in [2.45, 2.75) is 27.3 Å². The fourth-order valence-electron chi connectivity index (χ4n) is 1.81. The van der Waals surface area contributed by atoms with E-state index in [1.807, 2.05) is 22.8 Å². The molecule has 1 aromatic heterocycles. The summed E-state index contributed by atoms with van der Waals surface area (Å²) in [4.78, 5) is 4.35. The van der Waals surface area contributed by atoms with Crippen LogP contribution in [-0.2, 0) is 6.54 Å². The molecule has 0 saturated carbocycles. The lowest BCUT2D eigenvalue weighted by atomic mass is 9.98. The summed E-state index contributed by atoms with van der Waals surface area (Å²) >= 11 is 6.02. The minimum atomic E-state index is 0.550. The Morgan fingerprint density at radius 1 is 1.35 bits per heavy atom. The first kappa shape index (κ1) is 12.2. The zero-order chi connectivity index (χ0) is 12.6. The molecule has 0 spiro atoms. The van der Waals surface area contributed by atoms with Crippen molar-refractivity contribution in [3.05, 3.63) is 23.2 Å². The highest BCUT2D eigenvalue weighted by Gasteiger charge is 2.13. The van der Waals surface area contributed by atoms with Crippen LogP contribution in [0.5, 0.6) is 0 Å². The highest BCUT2D eigenvalue weighted by Crippen LogP contribution is 2.24. The Bertz CT molecular complexity index is 531. The summed E-state index contributed by atoms with van der Waals surface area (Å²) in [5, 5.41) is 0.718. The number of anilines is 1. The number of hydrogen-bond donors (Lipinski definition) is 1. The first-order valence-corrected chi connectivity index (χ1v) is 6.28. The number of nitrogens with zero attached hydrogens (tertiary/aromatic N) is 2. The maximum atomic E-state index is 6.02. The first-order valence-electron chi connectivity index (χ1n) is 5.90. The number of halogens is 1. The van der Waals surface area contributed by atoms with Gasteiger partial charge in [0, 0.05) is 11.6 Å². The smallest absolute Gasteiger partial charge is 0.201 e. The van der Waals surface area contributed by atoms with Crippen molar-refractivity contribution < 1.29 is 0 Å². The van der Waals surface area contributed by atoms with E-state index in [0.29, 0.717) is 17.8 Å². The van der Waals surface area contributed by atoms with Crippen molar-refractivity contribution in [3.63, 3.8) is 0 Å². The molecule has 1 aromatic carbocycles. The zero-order valence-corrected chi connectivity index (χ0v) is 11.2. The van der Waals surface area contributed by atoms with E-state index in [4.69, 9.17) is 17.3 Å². The number of aromatic nitrogens is 2. The zero-order valence-electron chi connectivity index (χ0n) is 10.4. The van der Waals surface area contributed by atoms with Crippen LogP contribution >= 0.6 is 11.6 Å². The fraction of sp³-hybridized carbons (Fsp3) is 0.462. The second-order valence-corrected chi connectivity index (χ2v) is 5.37. The largest absolute Gasteiger partial charge is 0.369 e. The van der Waals surface area contributed by atoms with Gasteiger partial charge in [-0.3, -0.25) is 0 Å². The number of rotatable bonds is 3. The Kier molecular flexibility index (Phi) is 3.29. The molecule has 1 unspecified atom stereocenters. The molecule has 1 heterocycles. The van der Waals surface area contributed by atoms with Crippen molar-refractivity contribution in [1.82, 2.24) is 9.55 Å². The van der Waals surface area contributed by atoms with Gasteiger partial charge >= 0.3 is 0 Å². The van der Waals surface area contributed by atoms with Crippen LogP contribution in [0.25, 0.3) is 11.0 Å². The molecule has 0 aliphatic carbocycles. The Morgan fingerprint density at radius 3 is 2.71 bits per heavy atom. The molecule has 0 aliphatic rings. The topological polar surface area (TPSA) is 43.8 Å². The third-order valence-corrected chi connectivity index (χ3v) is 3.58. The summed E-state index contributed by atoms with van der Waals surface area (Å²) in [7, 11) is 0. The van der Waals surface area contributed by atoms with Crippen molar-refractivity contribution in [2.75, 3.05) is 5.73 Å². The van der Waals surface area contributed by atoms with Crippen LogP contribution < -0.4 is 5.73 Å². The van der Waals surface area contributed by atoms with E-state index < -0.39 is 0 Å². The molecule has 2 rings (SSSR count). The molecule has 17 heavy (non-hydrogen) atoms. The van der Waals surface area contributed by atoms with Crippen LogP contribution in [0, 0.1) is 11.8 Å². The third-order valence-electron chi connectivity index (χ3n) is 3.35. The lowest BCUT2D eigenvalue weighted by Crippen LogP contribution is -2.14. The van der Waals surface area contributed by atoms with Gasteiger partial charge in [-0.05, 0) is 30.0 Å². The van der Waals surface area contributed by atoms with E-state index >= 15 is 0 Å². The summed E-state index contributed by atoms with van der Waals surface area (Å²) in [6.07, 6.45) is 0. The maximum absolute atomic E-state index is 6.02. The molecular formula is C13H18ClN3. The Labute approximate surface area is 107 Å². The molecular weight excluding hydrogens is 234 g/mol. The van der Waals surface area contributed by atoms with Crippen molar-refractivity contribution >= 4 is 28.6 Å². The molecule has 3 nitrogen and oxygen atoms in total. The normalized spacial score (nSPS) is 13.5. The van der Waals surface area contributed by atoms with Gasteiger partial charge < -0.3 is 10.3 Å². The Morgan fingerprint density at radius 2 is 2.06 bits per heavy atom. The Balaban J connectivity index is 2.45. The van der Waals surface area contributed by atoms with Crippen LogP contribution in [0.2, 0.25) is 5.02 Å². The third kappa shape index (κ3) is 2.39. The summed E-state index contributed by atoms with van der Waals surface area (Å²) in [6.45, 7) is 7.53. The summed E-state index contributed by atoms with van der Waals surface area (Å²) in [6, 6.07) is 5.67. The van der Waals surface area contributed by atoms with Crippen molar-refractivity contribution in [2.24, 2.45) is 11.8 Å². The van der Waals surface area contributed by atoms with Gasteiger partial charge in [-0.15, -0.1) is 0 Å². The average molecular weight is 252 g/mol. The lowest BCUT2D eigenvalue weighted by Gasteiger charge is -2.17. The summed E-state index contributed by atoms with van der Waals surface area (Å²) in [5.41, 5.74) is 7.88. The van der Waals surface area contributed by atoms with Gasteiger partial charge in [0.25, 0.3) is 0 Å². The van der Waals surface area contributed by atoms with E-state index in [1.165, 1.54) is 0 Å². The van der Waals surface area contributed by atoms with Crippen LogP contribution in [0.1, 0.15) is 20.8 Å². The van der Waals surface area contributed by atoms with Crippen LogP contribution in [0.15, 0.2) is 18.2 Å². The minimum Gasteiger partial charge on any atom is -0.369 e. The van der Waals surface area contributed by atoms with Gasteiger partial charge in [0.2, 0.25) is 5.95 Å². The molecule has 0 bridgehead atoms. The SMILES string of the molecule is CC(C)C(C)Cn1c(N)nc2ccc(Cl)cc21. The van der Waals surface area contributed by atoms with E-state index in [2.05, 4.69) is 25.8 Å². The van der Waals surface area contributed by atoms with Crippen LogP contribution in [0.4, 0.5) is 5.95 Å². The maximum Gasteiger partial charge on any atom is 0.201 e. The van der Waals surface area contributed by atoms with Crippen LogP contribution in [0.3, 0.4) is 0 Å². The van der Waals surface area contributed by atoms with Gasteiger partial charge in [0.1, 0.15) is 0 Å².